The van der Waals surface area contributed by atoms with Gasteiger partial charge in [0.05, 0.1) is 29.8 Å². The van der Waals surface area contributed by atoms with Gasteiger partial charge in [-0.25, -0.2) is 19.6 Å². The molecule has 5 rings (SSSR count). The van der Waals surface area contributed by atoms with E-state index in [9.17, 15) is 9.59 Å². The number of fused-ring (bicyclic) bond motifs is 1. The fraction of sp³-hybridized carbons (Fsp3) is 0.368. The van der Waals surface area contributed by atoms with E-state index in [0.717, 1.165) is 50.2 Å². The molecule has 0 saturated carbocycles. The largest absolute Gasteiger partial charge is 0.444 e. The van der Waals surface area contributed by atoms with Crippen LogP contribution in [0.2, 0.25) is 0 Å². The molecule has 0 fully saturated rings. The summed E-state index contributed by atoms with van der Waals surface area (Å²) in [5.41, 5.74) is 5.01. The number of aromatic nitrogens is 4. The number of ether oxygens (including phenoxy) is 2. The molecule has 0 aliphatic rings. The maximum Gasteiger partial charge on any atom is 0.410 e. The van der Waals surface area contributed by atoms with Crippen molar-refractivity contribution in [2.75, 3.05) is 20.6 Å². The van der Waals surface area contributed by atoms with Crippen LogP contribution in [-0.4, -0.2) is 73.8 Å². The molecular formula is C38H46N6O4. The third-order valence-corrected chi connectivity index (χ3v) is 7.95. The normalized spacial score (nSPS) is 12.5. The molecule has 0 aliphatic carbocycles. The van der Waals surface area contributed by atoms with E-state index in [4.69, 9.17) is 9.47 Å². The van der Waals surface area contributed by atoms with Gasteiger partial charge in [0.15, 0.2) is 0 Å². The van der Waals surface area contributed by atoms with Crippen LogP contribution in [0.1, 0.15) is 66.2 Å². The molecule has 2 N–H and O–H groups in total. The number of nitrogens with zero attached hydrogens (tertiary/aromatic N) is 4. The van der Waals surface area contributed by atoms with Gasteiger partial charge < -0.3 is 29.2 Å². The Hall–Kier alpha value is -5.12. The summed E-state index contributed by atoms with van der Waals surface area (Å²) < 4.78 is 10.9. The Bertz CT molecular complexity index is 1890. The lowest BCUT2D eigenvalue weighted by atomic mass is 9.98. The van der Waals surface area contributed by atoms with Crippen LogP contribution in [0.4, 0.5) is 9.59 Å². The molecule has 1 atom stereocenters. The van der Waals surface area contributed by atoms with Crippen molar-refractivity contribution in [2.45, 2.75) is 72.1 Å². The lowest BCUT2D eigenvalue weighted by molar-refractivity contribution is 0.0226. The molecule has 48 heavy (non-hydrogen) atoms. The number of rotatable bonds is 8. The van der Waals surface area contributed by atoms with Crippen LogP contribution in [0.15, 0.2) is 73.1 Å². The van der Waals surface area contributed by atoms with E-state index in [-0.39, 0.29) is 12.1 Å². The van der Waals surface area contributed by atoms with E-state index in [2.05, 4.69) is 80.6 Å². The molecule has 3 aromatic carbocycles. The van der Waals surface area contributed by atoms with Gasteiger partial charge in [-0.2, -0.15) is 0 Å². The average Bonchev–Trinajstić information content (AvgIpc) is 3.72. The van der Waals surface area contributed by atoms with Crippen molar-refractivity contribution in [3.63, 3.8) is 0 Å². The SMILES string of the molecule is C[C@@H](c1ncc(-c2ccc3cc(-c4ccc(-c5cnc(CCN(C)C(=O)OC(C)(C)C)[nH]5)cc4)ccc3c2)[nH]1)N(C)C(=O)OC(C)(C)C. The third kappa shape index (κ3) is 8.42. The number of hydrogen-bond donors (Lipinski definition) is 2. The Morgan fingerprint density at radius 1 is 0.708 bits per heavy atom. The summed E-state index contributed by atoms with van der Waals surface area (Å²) in [6, 6.07) is 20.9. The van der Waals surface area contributed by atoms with Gasteiger partial charge in [-0.3, -0.25) is 0 Å². The van der Waals surface area contributed by atoms with E-state index >= 15 is 0 Å². The Kier molecular flexibility index (Phi) is 9.66. The van der Waals surface area contributed by atoms with Gasteiger partial charge in [-0.05, 0) is 88.1 Å². The Morgan fingerprint density at radius 3 is 1.88 bits per heavy atom. The van der Waals surface area contributed by atoms with Gasteiger partial charge in [0.1, 0.15) is 22.9 Å². The fourth-order valence-corrected chi connectivity index (χ4v) is 5.15. The lowest BCUT2D eigenvalue weighted by Crippen LogP contribution is -2.36. The molecule has 0 spiro atoms. The van der Waals surface area contributed by atoms with Crippen molar-refractivity contribution >= 4 is 23.0 Å². The van der Waals surface area contributed by atoms with Crippen molar-refractivity contribution in [1.82, 2.24) is 29.7 Å². The summed E-state index contributed by atoms with van der Waals surface area (Å²) in [5.74, 6) is 1.50. The standard InChI is InChI=1S/C38H46N6O4/c1-24(44(9)36(46)48-38(5,6)7)34-40-23-32(42-34)30-17-16-28-20-27(14-15-29(28)21-30)25-10-12-26(13-11-25)31-22-39-33(41-31)18-19-43(8)35(45)47-37(2,3)4/h10-17,20-24H,18-19H2,1-9H3,(H,39,41)(H,40,42)/t24-/m0/s1. The molecule has 0 radical (unpaired) electrons. The van der Waals surface area contributed by atoms with Crippen molar-refractivity contribution in [3.05, 3.63) is 84.7 Å². The molecule has 10 nitrogen and oxygen atoms in total. The number of imidazole rings is 2. The highest BCUT2D eigenvalue weighted by Gasteiger charge is 2.25. The van der Waals surface area contributed by atoms with Crippen LogP contribution in [-0.2, 0) is 15.9 Å². The van der Waals surface area contributed by atoms with Crippen molar-refractivity contribution in [3.8, 4) is 33.6 Å². The van der Waals surface area contributed by atoms with E-state index in [1.807, 2.05) is 54.7 Å². The van der Waals surface area contributed by atoms with Crippen molar-refractivity contribution < 1.29 is 19.1 Å². The van der Waals surface area contributed by atoms with E-state index in [1.165, 1.54) is 0 Å². The van der Waals surface area contributed by atoms with Gasteiger partial charge in [0.2, 0.25) is 0 Å². The molecule has 0 saturated heterocycles. The molecule has 10 heteroatoms. The van der Waals surface area contributed by atoms with Crippen LogP contribution < -0.4 is 0 Å². The van der Waals surface area contributed by atoms with E-state index in [1.54, 1.807) is 30.1 Å². The number of carbonyl (C=O) groups excluding carboxylic acids is 2. The second-order valence-electron chi connectivity index (χ2n) is 14.2. The van der Waals surface area contributed by atoms with Crippen LogP contribution in [0.5, 0.6) is 0 Å². The maximum absolute atomic E-state index is 12.5. The predicted molar refractivity (Wildman–Crippen MR) is 190 cm³/mol. The smallest absolute Gasteiger partial charge is 0.410 e. The molecule has 0 bridgehead atoms. The van der Waals surface area contributed by atoms with Crippen LogP contribution >= 0.6 is 0 Å². The Morgan fingerprint density at radius 2 is 1.23 bits per heavy atom. The first kappa shape index (κ1) is 34.2. The first-order valence-electron chi connectivity index (χ1n) is 16.2. The topological polar surface area (TPSA) is 116 Å². The molecule has 252 valence electrons. The molecule has 2 heterocycles. The molecule has 5 aromatic rings. The summed E-state index contributed by atoms with van der Waals surface area (Å²) >= 11 is 0. The van der Waals surface area contributed by atoms with Crippen LogP contribution in [0.25, 0.3) is 44.4 Å². The summed E-state index contributed by atoms with van der Waals surface area (Å²) in [4.78, 5) is 43.7. The summed E-state index contributed by atoms with van der Waals surface area (Å²) in [7, 11) is 3.45. The fourth-order valence-electron chi connectivity index (χ4n) is 5.15. The number of H-pyrrole nitrogens is 2. The predicted octanol–water partition coefficient (Wildman–Crippen LogP) is 8.62. The number of amides is 2. The Labute approximate surface area is 282 Å². The molecule has 2 amide bonds. The molecule has 0 aliphatic heterocycles. The van der Waals surface area contributed by atoms with E-state index in [0.29, 0.717) is 18.8 Å². The van der Waals surface area contributed by atoms with Gasteiger partial charge in [-0.1, -0.05) is 48.5 Å². The monoisotopic (exact) mass is 650 g/mol. The number of aromatic amines is 2. The van der Waals surface area contributed by atoms with Gasteiger partial charge in [-0.15, -0.1) is 0 Å². The van der Waals surface area contributed by atoms with Crippen molar-refractivity contribution in [2.24, 2.45) is 0 Å². The van der Waals surface area contributed by atoms with Gasteiger partial charge in [0.25, 0.3) is 0 Å². The lowest BCUT2D eigenvalue weighted by Gasteiger charge is -2.27. The Balaban J connectivity index is 1.23. The zero-order valence-corrected chi connectivity index (χ0v) is 29.3. The number of hydrogen-bond acceptors (Lipinski definition) is 6. The minimum absolute atomic E-state index is 0.281. The number of carbonyl (C=O) groups is 2. The van der Waals surface area contributed by atoms with E-state index < -0.39 is 17.3 Å². The first-order valence-corrected chi connectivity index (χ1v) is 16.2. The highest BCUT2D eigenvalue weighted by Crippen LogP contribution is 2.30. The molecule has 0 unspecified atom stereocenters. The first-order chi connectivity index (χ1) is 22.6. The summed E-state index contributed by atoms with van der Waals surface area (Å²) in [6.45, 7) is 13.5. The quantitative estimate of drug-likeness (QED) is 0.174. The van der Waals surface area contributed by atoms with Crippen LogP contribution in [0, 0.1) is 0 Å². The molecule has 2 aromatic heterocycles. The number of benzene rings is 3. The average molecular weight is 651 g/mol. The van der Waals surface area contributed by atoms with Gasteiger partial charge >= 0.3 is 12.2 Å². The highest BCUT2D eigenvalue weighted by molar-refractivity contribution is 5.90. The number of likely N-dealkylation sites (N-methyl/N-ethyl adjacent to an activating group) is 1. The second kappa shape index (κ2) is 13.5. The highest BCUT2D eigenvalue weighted by atomic mass is 16.6. The number of nitrogens with one attached hydrogen (secondary N) is 2. The second-order valence-corrected chi connectivity index (χ2v) is 14.2. The zero-order chi connectivity index (χ0) is 34.8. The minimum atomic E-state index is -0.566. The zero-order valence-electron chi connectivity index (χ0n) is 29.3. The third-order valence-electron chi connectivity index (χ3n) is 7.95. The summed E-state index contributed by atoms with van der Waals surface area (Å²) in [5, 5.41) is 2.25. The minimum Gasteiger partial charge on any atom is -0.444 e. The maximum atomic E-state index is 12.5. The van der Waals surface area contributed by atoms with Gasteiger partial charge in [0, 0.05) is 32.6 Å². The molecular weight excluding hydrogens is 604 g/mol. The van der Waals surface area contributed by atoms with Crippen LogP contribution in [0.3, 0.4) is 0 Å². The summed E-state index contributed by atoms with van der Waals surface area (Å²) in [6.07, 6.45) is 3.49. The van der Waals surface area contributed by atoms with Crippen molar-refractivity contribution in [1.29, 1.82) is 0 Å².